The van der Waals surface area contributed by atoms with Crippen molar-refractivity contribution in [2.24, 2.45) is 0 Å². The molecule has 1 aliphatic rings. The predicted octanol–water partition coefficient (Wildman–Crippen LogP) is 1.80. The minimum Gasteiger partial charge on any atom is -0.472 e. The summed E-state index contributed by atoms with van der Waals surface area (Å²) < 4.78 is 19.0. The average Bonchev–Trinajstić information content (AvgIpc) is 3.27. The maximum atomic E-state index is 14.0. The molecule has 1 amide bonds. The van der Waals surface area contributed by atoms with Crippen molar-refractivity contribution in [3.05, 3.63) is 36.4 Å². The topological polar surface area (TPSA) is 74.5 Å². The summed E-state index contributed by atoms with van der Waals surface area (Å²) >= 11 is 0. The molecule has 2 aromatic rings. The Morgan fingerprint density at radius 1 is 1.46 bits per heavy atom. The van der Waals surface area contributed by atoms with E-state index in [4.69, 9.17) is 4.42 Å². The van der Waals surface area contributed by atoms with Crippen molar-refractivity contribution in [3.63, 3.8) is 0 Å². The Kier molecular flexibility index (Phi) is 5.70. The smallest absolute Gasteiger partial charge is 0.226 e. The predicted molar refractivity (Wildman–Crippen MR) is 97.0 cm³/mol. The van der Waals surface area contributed by atoms with Crippen LogP contribution in [0.2, 0.25) is 0 Å². The summed E-state index contributed by atoms with van der Waals surface area (Å²) in [6.45, 7) is 0.672. The van der Waals surface area contributed by atoms with E-state index < -0.39 is 6.17 Å². The highest BCUT2D eigenvalue weighted by molar-refractivity contribution is 5.76. The fourth-order valence-corrected chi connectivity index (χ4v) is 3.06. The Bertz CT molecular complexity index is 722. The first kappa shape index (κ1) is 18.2. The molecule has 0 radical (unpaired) electrons. The largest absolute Gasteiger partial charge is 0.472 e. The summed E-state index contributed by atoms with van der Waals surface area (Å²) in [6.07, 6.45) is 5.35. The molecule has 1 saturated heterocycles. The Labute approximate surface area is 152 Å². The Morgan fingerprint density at radius 3 is 3.04 bits per heavy atom. The summed E-state index contributed by atoms with van der Waals surface area (Å²) in [5.41, 5.74) is 0.990. The molecule has 140 valence electrons. The molecule has 1 N–H and O–H groups in total. The molecule has 0 aliphatic carbocycles. The molecule has 8 heteroatoms. The SMILES string of the molecule is CN(C)c1nccc(N2C[C@@H](F)C[C@H]2CNC(=O)CCc2ccoc2)n1. The van der Waals surface area contributed by atoms with Gasteiger partial charge in [0.1, 0.15) is 12.0 Å². The summed E-state index contributed by atoms with van der Waals surface area (Å²) in [5.74, 6) is 1.21. The third kappa shape index (κ3) is 4.50. The van der Waals surface area contributed by atoms with Crippen molar-refractivity contribution in [2.75, 3.05) is 37.0 Å². The number of carbonyl (C=O) groups excluding carboxylic acids is 1. The van der Waals surface area contributed by atoms with Crippen LogP contribution in [0, 0.1) is 0 Å². The van der Waals surface area contributed by atoms with Gasteiger partial charge >= 0.3 is 0 Å². The van der Waals surface area contributed by atoms with Crippen molar-refractivity contribution >= 4 is 17.7 Å². The van der Waals surface area contributed by atoms with Gasteiger partial charge in [0, 0.05) is 39.7 Å². The van der Waals surface area contributed by atoms with Crippen molar-refractivity contribution in [1.29, 1.82) is 0 Å². The third-order valence-electron chi connectivity index (χ3n) is 4.44. The molecule has 26 heavy (non-hydrogen) atoms. The molecule has 3 heterocycles. The second-order valence-electron chi connectivity index (χ2n) is 6.68. The molecular weight excluding hydrogens is 337 g/mol. The number of halogens is 1. The van der Waals surface area contributed by atoms with Crippen LogP contribution in [0.3, 0.4) is 0 Å². The number of amides is 1. The van der Waals surface area contributed by atoms with E-state index in [1.807, 2.05) is 25.1 Å². The van der Waals surface area contributed by atoms with Gasteiger partial charge in [-0.15, -0.1) is 0 Å². The summed E-state index contributed by atoms with van der Waals surface area (Å²) in [7, 11) is 3.72. The molecule has 1 aliphatic heterocycles. The molecule has 0 spiro atoms. The van der Waals surface area contributed by atoms with Crippen LogP contribution in [-0.4, -0.2) is 55.3 Å². The number of nitrogens with one attached hydrogen (secondary N) is 1. The number of anilines is 2. The van der Waals surface area contributed by atoms with Crippen LogP contribution in [0.15, 0.2) is 35.3 Å². The highest BCUT2D eigenvalue weighted by atomic mass is 19.1. The minimum absolute atomic E-state index is 0.0508. The van der Waals surface area contributed by atoms with E-state index in [1.165, 1.54) is 0 Å². The average molecular weight is 361 g/mol. The normalized spacial score (nSPS) is 19.6. The van der Waals surface area contributed by atoms with Crippen LogP contribution < -0.4 is 15.1 Å². The zero-order valence-corrected chi connectivity index (χ0v) is 15.1. The number of carbonyl (C=O) groups is 1. The van der Waals surface area contributed by atoms with Crippen molar-refractivity contribution in [2.45, 2.75) is 31.5 Å². The maximum absolute atomic E-state index is 14.0. The minimum atomic E-state index is -0.930. The highest BCUT2D eigenvalue weighted by Gasteiger charge is 2.33. The summed E-state index contributed by atoms with van der Waals surface area (Å²) in [5, 5.41) is 2.91. The van der Waals surface area contributed by atoms with Gasteiger partial charge in [-0.3, -0.25) is 4.79 Å². The van der Waals surface area contributed by atoms with E-state index in [2.05, 4.69) is 15.3 Å². The number of aryl methyl sites for hydroxylation is 1. The second-order valence-corrected chi connectivity index (χ2v) is 6.68. The number of rotatable bonds is 7. The monoisotopic (exact) mass is 361 g/mol. The molecule has 7 nitrogen and oxygen atoms in total. The van der Waals surface area contributed by atoms with E-state index >= 15 is 0 Å². The fourth-order valence-electron chi connectivity index (χ4n) is 3.06. The van der Waals surface area contributed by atoms with E-state index in [9.17, 15) is 9.18 Å². The first-order valence-electron chi connectivity index (χ1n) is 8.72. The molecule has 0 unspecified atom stereocenters. The Hall–Kier alpha value is -2.64. The van der Waals surface area contributed by atoms with Gasteiger partial charge in [-0.1, -0.05) is 0 Å². The zero-order chi connectivity index (χ0) is 18.5. The van der Waals surface area contributed by atoms with Gasteiger partial charge in [0.2, 0.25) is 11.9 Å². The number of alkyl halides is 1. The van der Waals surface area contributed by atoms with Crippen LogP contribution in [0.1, 0.15) is 18.4 Å². The molecule has 2 aromatic heterocycles. The van der Waals surface area contributed by atoms with Gasteiger partial charge in [-0.05, 0) is 24.1 Å². The van der Waals surface area contributed by atoms with Crippen LogP contribution in [0.4, 0.5) is 16.2 Å². The van der Waals surface area contributed by atoms with E-state index in [-0.39, 0.29) is 18.5 Å². The van der Waals surface area contributed by atoms with Gasteiger partial charge < -0.3 is 19.5 Å². The van der Waals surface area contributed by atoms with Gasteiger partial charge in [-0.2, -0.15) is 4.98 Å². The molecule has 1 fully saturated rings. The van der Waals surface area contributed by atoms with Crippen LogP contribution in [0.5, 0.6) is 0 Å². The number of nitrogens with zero attached hydrogens (tertiary/aromatic N) is 4. The van der Waals surface area contributed by atoms with Crippen LogP contribution >= 0.6 is 0 Å². The lowest BCUT2D eigenvalue weighted by molar-refractivity contribution is -0.121. The van der Waals surface area contributed by atoms with Crippen LogP contribution in [-0.2, 0) is 11.2 Å². The van der Waals surface area contributed by atoms with E-state index in [0.717, 1.165) is 5.56 Å². The Balaban J connectivity index is 1.57. The third-order valence-corrected chi connectivity index (χ3v) is 4.44. The molecule has 2 atom stereocenters. The number of aromatic nitrogens is 2. The van der Waals surface area contributed by atoms with Gasteiger partial charge in [0.25, 0.3) is 0 Å². The lowest BCUT2D eigenvalue weighted by Crippen LogP contribution is -2.40. The molecular formula is C18H24FN5O2. The van der Waals surface area contributed by atoms with E-state index in [0.29, 0.717) is 37.6 Å². The lowest BCUT2D eigenvalue weighted by Gasteiger charge is -2.26. The van der Waals surface area contributed by atoms with Gasteiger partial charge in [0.15, 0.2) is 0 Å². The highest BCUT2D eigenvalue weighted by Crippen LogP contribution is 2.26. The Morgan fingerprint density at radius 2 is 2.31 bits per heavy atom. The van der Waals surface area contributed by atoms with Crippen LogP contribution in [0.25, 0.3) is 0 Å². The molecule has 3 rings (SSSR count). The quantitative estimate of drug-likeness (QED) is 0.811. The van der Waals surface area contributed by atoms with Crippen molar-refractivity contribution < 1.29 is 13.6 Å². The van der Waals surface area contributed by atoms with Gasteiger partial charge in [-0.25, -0.2) is 9.37 Å². The fraction of sp³-hybridized carbons (Fsp3) is 0.500. The van der Waals surface area contributed by atoms with Crippen molar-refractivity contribution in [3.8, 4) is 0 Å². The first-order valence-corrected chi connectivity index (χ1v) is 8.72. The molecule has 0 aromatic carbocycles. The number of hydrogen-bond donors (Lipinski definition) is 1. The molecule has 0 bridgehead atoms. The maximum Gasteiger partial charge on any atom is 0.226 e. The summed E-state index contributed by atoms with van der Waals surface area (Å²) in [6, 6.07) is 3.50. The van der Waals surface area contributed by atoms with Gasteiger partial charge in [0.05, 0.1) is 25.1 Å². The summed E-state index contributed by atoms with van der Waals surface area (Å²) in [4.78, 5) is 24.5. The van der Waals surface area contributed by atoms with Crippen molar-refractivity contribution in [1.82, 2.24) is 15.3 Å². The molecule has 0 saturated carbocycles. The standard InChI is InChI=1S/C18H24FN5O2/c1-23(2)18-20-7-5-16(22-18)24-11-14(19)9-15(24)10-21-17(25)4-3-13-6-8-26-12-13/h5-8,12,14-15H,3-4,9-11H2,1-2H3,(H,21,25)/t14-,15-/m0/s1. The zero-order valence-electron chi connectivity index (χ0n) is 15.1. The first-order chi connectivity index (χ1) is 12.5. The number of hydrogen-bond acceptors (Lipinski definition) is 6. The van der Waals surface area contributed by atoms with E-state index in [1.54, 1.807) is 29.7 Å². The second kappa shape index (κ2) is 8.16. The lowest BCUT2D eigenvalue weighted by atomic mass is 10.1. The number of furan rings is 1.